The molecule has 8 heteroatoms. The van der Waals surface area contributed by atoms with Crippen molar-refractivity contribution in [2.24, 2.45) is 11.8 Å². The fraction of sp³-hybridized carbons (Fsp3) is 0.435. The summed E-state index contributed by atoms with van der Waals surface area (Å²) in [5, 5.41) is 3.09. The van der Waals surface area contributed by atoms with Crippen molar-refractivity contribution in [3.8, 4) is 11.5 Å². The molecule has 3 unspecified atom stereocenters. The number of rotatable bonds is 8. The molecule has 31 heavy (non-hydrogen) atoms. The maximum atomic E-state index is 13.6. The number of ether oxygens (including phenoxy) is 2. The van der Waals surface area contributed by atoms with Gasteiger partial charge in [0.05, 0.1) is 24.8 Å². The van der Waals surface area contributed by atoms with E-state index in [-0.39, 0.29) is 23.4 Å². The Hall–Kier alpha value is -2.74. The standard InChI is InChI=1S/C23H28N2O5S/c1-29-21-11-10-19(14-22(21)30-2)31(27,28)25(18-6-4-3-5-7-18)15-23(26)24-20-13-16-8-9-17(20)12-16/h3-7,10-11,14,16-17,20H,8-9,12-13,15H2,1-2H3,(H,24,26). The zero-order chi connectivity index (χ0) is 22.0. The average Bonchev–Trinajstić information content (AvgIpc) is 3.40. The van der Waals surface area contributed by atoms with Gasteiger partial charge in [0.1, 0.15) is 6.54 Å². The fourth-order valence-corrected chi connectivity index (χ4v) is 6.25. The van der Waals surface area contributed by atoms with E-state index in [0.29, 0.717) is 29.0 Å². The number of hydrogen-bond donors (Lipinski definition) is 1. The van der Waals surface area contributed by atoms with Gasteiger partial charge in [-0.2, -0.15) is 0 Å². The maximum Gasteiger partial charge on any atom is 0.264 e. The van der Waals surface area contributed by atoms with Crippen LogP contribution in [-0.4, -0.2) is 41.1 Å². The summed E-state index contributed by atoms with van der Waals surface area (Å²) in [5.74, 6) is 1.66. The molecule has 3 atom stereocenters. The fourth-order valence-electron chi connectivity index (χ4n) is 4.82. The molecule has 7 nitrogen and oxygen atoms in total. The molecule has 2 aliphatic carbocycles. The monoisotopic (exact) mass is 444 g/mol. The van der Waals surface area contributed by atoms with Crippen molar-refractivity contribution in [1.29, 1.82) is 0 Å². The van der Waals surface area contributed by atoms with Gasteiger partial charge in [-0.15, -0.1) is 0 Å². The first-order valence-electron chi connectivity index (χ1n) is 10.5. The maximum absolute atomic E-state index is 13.6. The van der Waals surface area contributed by atoms with E-state index in [4.69, 9.17) is 9.47 Å². The summed E-state index contributed by atoms with van der Waals surface area (Å²) in [4.78, 5) is 12.9. The predicted molar refractivity (Wildman–Crippen MR) is 118 cm³/mol. The molecule has 0 saturated heterocycles. The largest absolute Gasteiger partial charge is 0.493 e. The Morgan fingerprint density at radius 1 is 1.03 bits per heavy atom. The van der Waals surface area contributed by atoms with E-state index in [9.17, 15) is 13.2 Å². The minimum atomic E-state index is -4.01. The van der Waals surface area contributed by atoms with Crippen LogP contribution in [0.4, 0.5) is 5.69 Å². The van der Waals surface area contributed by atoms with Crippen molar-refractivity contribution in [2.75, 3.05) is 25.1 Å². The number of fused-ring (bicyclic) bond motifs is 2. The summed E-state index contributed by atoms with van der Waals surface area (Å²) in [6.07, 6.45) is 4.53. The molecule has 2 aromatic rings. The van der Waals surface area contributed by atoms with Crippen LogP contribution in [0.3, 0.4) is 0 Å². The number of anilines is 1. The lowest BCUT2D eigenvalue weighted by molar-refractivity contribution is -0.120. The molecule has 0 radical (unpaired) electrons. The molecular weight excluding hydrogens is 416 g/mol. The second kappa shape index (κ2) is 8.78. The third-order valence-electron chi connectivity index (χ3n) is 6.36. The number of nitrogens with one attached hydrogen (secondary N) is 1. The van der Waals surface area contributed by atoms with Crippen molar-refractivity contribution in [3.05, 3.63) is 48.5 Å². The quantitative estimate of drug-likeness (QED) is 0.676. The minimum Gasteiger partial charge on any atom is -0.493 e. The first-order valence-corrected chi connectivity index (χ1v) is 12.0. The highest BCUT2D eigenvalue weighted by Gasteiger charge is 2.40. The summed E-state index contributed by atoms with van der Waals surface area (Å²) in [6, 6.07) is 13.2. The average molecular weight is 445 g/mol. The molecule has 2 aliphatic rings. The summed E-state index contributed by atoms with van der Waals surface area (Å²) in [5.41, 5.74) is 0.431. The summed E-state index contributed by atoms with van der Waals surface area (Å²) >= 11 is 0. The van der Waals surface area contributed by atoms with Crippen LogP contribution < -0.4 is 19.1 Å². The van der Waals surface area contributed by atoms with E-state index in [1.54, 1.807) is 36.4 Å². The number of amides is 1. The number of carbonyl (C=O) groups is 1. The molecule has 166 valence electrons. The van der Waals surface area contributed by atoms with Crippen LogP contribution in [-0.2, 0) is 14.8 Å². The Balaban J connectivity index is 1.61. The van der Waals surface area contributed by atoms with Gasteiger partial charge in [-0.3, -0.25) is 9.10 Å². The Kier molecular flexibility index (Phi) is 6.09. The van der Waals surface area contributed by atoms with Crippen LogP contribution in [0.25, 0.3) is 0 Å². The molecule has 0 aromatic heterocycles. The highest BCUT2D eigenvalue weighted by atomic mass is 32.2. The molecule has 2 aromatic carbocycles. The molecule has 2 saturated carbocycles. The van der Waals surface area contributed by atoms with Crippen LogP contribution in [0.5, 0.6) is 11.5 Å². The van der Waals surface area contributed by atoms with Crippen LogP contribution in [0.1, 0.15) is 25.7 Å². The third kappa shape index (κ3) is 4.35. The normalized spacial score (nSPS) is 22.2. The highest BCUT2D eigenvalue weighted by molar-refractivity contribution is 7.92. The van der Waals surface area contributed by atoms with Gasteiger partial charge in [-0.1, -0.05) is 24.6 Å². The van der Waals surface area contributed by atoms with E-state index in [1.807, 2.05) is 0 Å². The number of carbonyl (C=O) groups excluding carboxylic acids is 1. The van der Waals surface area contributed by atoms with Crippen molar-refractivity contribution in [2.45, 2.75) is 36.6 Å². The van der Waals surface area contributed by atoms with Gasteiger partial charge in [0.15, 0.2) is 11.5 Å². The molecule has 0 heterocycles. The Morgan fingerprint density at radius 2 is 1.77 bits per heavy atom. The number of hydrogen-bond acceptors (Lipinski definition) is 5. The van der Waals surface area contributed by atoms with Crippen LogP contribution in [0.15, 0.2) is 53.4 Å². The summed E-state index contributed by atoms with van der Waals surface area (Å²) < 4.78 is 38.7. The van der Waals surface area contributed by atoms with Crippen LogP contribution in [0, 0.1) is 11.8 Å². The predicted octanol–water partition coefficient (Wildman–Crippen LogP) is 3.20. The van der Waals surface area contributed by atoms with Crippen LogP contribution in [0.2, 0.25) is 0 Å². The number of benzene rings is 2. The van der Waals surface area contributed by atoms with Gasteiger partial charge < -0.3 is 14.8 Å². The minimum absolute atomic E-state index is 0.0294. The van der Waals surface area contributed by atoms with Gasteiger partial charge in [0.2, 0.25) is 5.91 Å². The molecule has 2 bridgehead atoms. The van der Waals surface area contributed by atoms with Crippen molar-refractivity contribution < 1.29 is 22.7 Å². The van der Waals surface area contributed by atoms with E-state index in [2.05, 4.69) is 5.32 Å². The lowest BCUT2D eigenvalue weighted by atomic mass is 9.95. The Morgan fingerprint density at radius 3 is 2.39 bits per heavy atom. The van der Waals surface area contributed by atoms with Gasteiger partial charge in [-0.25, -0.2) is 8.42 Å². The number of para-hydroxylation sites is 1. The Labute approximate surface area is 183 Å². The first kappa shape index (κ1) is 21.5. The molecular formula is C23H28N2O5S. The second-order valence-electron chi connectivity index (χ2n) is 8.21. The summed E-state index contributed by atoms with van der Waals surface area (Å²) in [7, 11) is -1.07. The number of nitrogens with zero attached hydrogens (tertiary/aromatic N) is 1. The van der Waals surface area contributed by atoms with Crippen molar-refractivity contribution >= 4 is 21.6 Å². The Bertz CT molecular complexity index is 1040. The lowest BCUT2D eigenvalue weighted by Gasteiger charge is -2.27. The van der Waals surface area contributed by atoms with Gasteiger partial charge in [0, 0.05) is 12.1 Å². The molecule has 0 aliphatic heterocycles. The molecule has 4 rings (SSSR count). The zero-order valence-corrected chi connectivity index (χ0v) is 18.6. The number of methoxy groups -OCH3 is 2. The van der Waals surface area contributed by atoms with Gasteiger partial charge in [-0.05, 0) is 55.4 Å². The van der Waals surface area contributed by atoms with Crippen LogP contribution >= 0.6 is 0 Å². The van der Waals surface area contributed by atoms with Crippen molar-refractivity contribution in [1.82, 2.24) is 5.32 Å². The molecule has 0 spiro atoms. The zero-order valence-electron chi connectivity index (χ0n) is 17.8. The van der Waals surface area contributed by atoms with Gasteiger partial charge >= 0.3 is 0 Å². The first-order chi connectivity index (χ1) is 14.9. The molecule has 1 amide bonds. The van der Waals surface area contributed by atoms with E-state index < -0.39 is 10.0 Å². The third-order valence-corrected chi connectivity index (χ3v) is 8.13. The smallest absolute Gasteiger partial charge is 0.264 e. The number of sulfonamides is 1. The molecule has 2 fully saturated rings. The topological polar surface area (TPSA) is 84.9 Å². The molecule has 1 N–H and O–H groups in total. The van der Waals surface area contributed by atoms with E-state index >= 15 is 0 Å². The summed E-state index contributed by atoms with van der Waals surface area (Å²) in [6.45, 7) is -0.283. The highest BCUT2D eigenvalue weighted by Crippen LogP contribution is 2.44. The van der Waals surface area contributed by atoms with Gasteiger partial charge in [0.25, 0.3) is 10.0 Å². The lowest BCUT2D eigenvalue weighted by Crippen LogP contribution is -2.46. The van der Waals surface area contributed by atoms with E-state index in [0.717, 1.165) is 23.6 Å². The van der Waals surface area contributed by atoms with Crippen molar-refractivity contribution in [3.63, 3.8) is 0 Å². The second-order valence-corrected chi connectivity index (χ2v) is 10.1. The van der Waals surface area contributed by atoms with E-state index in [1.165, 1.54) is 32.8 Å². The SMILES string of the molecule is COc1ccc(S(=O)(=O)N(CC(=O)NC2CC3CCC2C3)c2ccccc2)cc1OC.